The topological polar surface area (TPSA) is 30.7 Å². The van der Waals surface area contributed by atoms with Crippen molar-refractivity contribution in [3.05, 3.63) is 75.4 Å². The van der Waals surface area contributed by atoms with E-state index >= 15 is 0 Å². The first-order valence-electron chi connectivity index (χ1n) is 8.96. The van der Waals surface area contributed by atoms with Crippen molar-refractivity contribution in [1.82, 2.24) is 14.8 Å². The summed E-state index contributed by atoms with van der Waals surface area (Å²) in [7, 11) is 0. The molecule has 0 amide bonds. The van der Waals surface area contributed by atoms with Gasteiger partial charge in [-0.25, -0.2) is 9.67 Å². The average molecular weight is 460 g/mol. The Kier molecular flexibility index (Phi) is 4.73. The van der Waals surface area contributed by atoms with Gasteiger partial charge in [-0.2, -0.15) is 18.3 Å². The predicted molar refractivity (Wildman–Crippen MR) is 111 cm³/mol. The number of hydrogen-bond donors (Lipinski definition) is 0. The van der Waals surface area contributed by atoms with Crippen molar-refractivity contribution in [2.24, 2.45) is 0 Å². The number of aromatic nitrogens is 3. The number of rotatable bonds is 2. The zero-order chi connectivity index (χ0) is 20.9. The van der Waals surface area contributed by atoms with E-state index in [4.69, 9.17) is 0 Å². The van der Waals surface area contributed by atoms with E-state index in [-0.39, 0.29) is 16.7 Å². The quantitative estimate of drug-likeness (QED) is 0.330. The van der Waals surface area contributed by atoms with Gasteiger partial charge in [0.1, 0.15) is 0 Å². The zero-order valence-electron chi connectivity index (χ0n) is 16.0. The Labute approximate surface area is 174 Å². The summed E-state index contributed by atoms with van der Waals surface area (Å²) in [6.45, 7) is 5.52. The van der Waals surface area contributed by atoms with Crippen molar-refractivity contribution in [2.45, 2.75) is 26.9 Å². The van der Waals surface area contributed by atoms with Gasteiger partial charge in [-0.05, 0) is 62.2 Å². The molecular formula is C22H17BrF3N3. The van der Waals surface area contributed by atoms with Gasteiger partial charge in [0.15, 0.2) is 5.65 Å². The predicted octanol–water partition coefficient (Wildman–Crippen LogP) is 6.79. The Balaban J connectivity index is 2.07. The Morgan fingerprint density at radius 1 is 0.931 bits per heavy atom. The molecule has 0 N–H and O–H groups in total. The number of alkyl halides is 3. The van der Waals surface area contributed by atoms with Gasteiger partial charge in [0.05, 0.1) is 28.0 Å². The third-order valence-corrected chi connectivity index (χ3v) is 5.47. The molecule has 0 bridgehead atoms. The second-order valence-electron chi connectivity index (χ2n) is 7.03. The molecule has 0 spiro atoms. The van der Waals surface area contributed by atoms with E-state index in [9.17, 15) is 13.2 Å². The third-order valence-electron chi connectivity index (χ3n) is 4.97. The van der Waals surface area contributed by atoms with Crippen molar-refractivity contribution >= 4 is 27.0 Å². The largest absolute Gasteiger partial charge is 0.417 e. The summed E-state index contributed by atoms with van der Waals surface area (Å²) in [4.78, 5) is 4.59. The summed E-state index contributed by atoms with van der Waals surface area (Å²) >= 11 is 3.37. The van der Waals surface area contributed by atoms with Crippen LogP contribution in [-0.4, -0.2) is 14.8 Å². The minimum atomic E-state index is -4.52. The molecule has 7 heteroatoms. The minimum Gasteiger partial charge on any atom is -0.228 e. The van der Waals surface area contributed by atoms with Crippen LogP contribution in [-0.2, 0) is 6.18 Å². The van der Waals surface area contributed by atoms with Gasteiger partial charge in [-0.15, -0.1) is 0 Å². The highest BCUT2D eigenvalue weighted by atomic mass is 79.9. The number of benzene rings is 2. The van der Waals surface area contributed by atoms with Crippen molar-refractivity contribution in [2.75, 3.05) is 0 Å². The maximum Gasteiger partial charge on any atom is 0.417 e. The highest BCUT2D eigenvalue weighted by Gasteiger charge is 2.35. The van der Waals surface area contributed by atoms with Gasteiger partial charge in [0, 0.05) is 10.0 Å². The summed E-state index contributed by atoms with van der Waals surface area (Å²) < 4.78 is 44.0. The van der Waals surface area contributed by atoms with Crippen LogP contribution in [0.4, 0.5) is 13.2 Å². The molecule has 0 saturated heterocycles. The minimum absolute atomic E-state index is 0.0227. The molecule has 2 aromatic carbocycles. The van der Waals surface area contributed by atoms with Crippen LogP contribution in [0.25, 0.3) is 28.0 Å². The van der Waals surface area contributed by atoms with Gasteiger partial charge < -0.3 is 0 Å². The van der Waals surface area contributed by atoms with E-state index in [2.05, 4.69) is 26.0 Å². The first-order chi connectivity index (χ1) is 13.6. The highest BCUT2D eigenvalue weighted by Crippen LogP contribution is 2.39. The Bertz CT molecular complexity index is 1240. The molecule has 0 atom stereocenters. The molecule has 0 fully saturated rings. The molecule has 0 unspecified atom stereocenters. The van der Waals surface area contributed by atoms with E-state index in [1.165, 1.54) is 4.68 Å². The zero-order valence-corrected chi connectivity index (χ0v) is 17.6. The molecule has 0 aliphatic rings. The normalized spacial score (nSPS) is 12.0. The van der Waals surface area contributed by atoms with Crippen LogP contribution in [0.5, 0.6) is 0 Å². The maximum atomic E-state index is 13.9. The molecule has 4 rings (SSSR count). The highest BCUT2D eigenvalue weighted by molar-refractivity contribution is 9.10. The molecule has 2 aromatic heterocycles. The summed E-state index contributed by atoms with van der Waals surface area (Å²) in [5.74, 6) is 0. The summed E-state index contributed by atoms with van der Waals surface area (Å²) in [5.41, 5.74) is 3.40. The second kappa shape index (κ2) is 6.99. The fourth-order valence-corrected chi connectivity index (χ4v) is 3.74. The fourth-order valence-electron chi connectivity index (χ4n) is 3.35. The van der Waals surface area contributed by atoms with Gasteiger partial charge >= 0.3 is 6.18 Å². The summed E-state index contributed by atoms with van der Waals surface area (Å²) in [5, 5.41) is 4.42. The molecule has 0 saturated carbocycles. The molecule has 4 aromatic rings. The number of pyridine rings is 1. The average Bonchev–Trinajstić information content (AvgIpc) is 2.99. The van der Waals surface area contributed by atoms with E-state index < -0.39 is 11.7 Å². The van der Waals surface area contributed by atoms with Crippen LogP contribution >= 0.6 is 15.9 Å². The van der Waals surface area contributed by atoms with Crippen LogP contribution in [0.1, 0.15) is 22.4 Å². The van der Waals surface area contributed by atoms with Gasteiger partial charge in [0.25, 0.3) is 0 Å². The molecule has 3 nitrogen and oxygen atoms in total. The van der Waals surface area contributed by atoms with Crippen LogP contribution in [0.3, 0.4) is 0 Å². The van der Waals surface area contributed by atoms with Crippen molar-refractivity contribution in [3.63, 3.8) is 0 Å². The Hall–Kier alpha value is -2.67. The number of fused-ring (bicyclic) bond motifs is 1. The van der Waals surface area contributed by atoms with Crippen molar-refractivity contribution in [1.29, 1.82) is 0 Å². The Morgan fingerprint density at radius 3 is 2.34 bits per heavy atom. The lowest BCUT2D eigenvalue weighted by Gasteiger charge is -2.12. The standard InChI is InChI=1S/C22H17BrF3N3/c1-12-7-8-17(9-13(12)2)29-21-20(14(3)28-29)18(22(24,25)26)11-19(27-21)15-5-4-6-16(23)10-15/h4-11H,1-3H3. The molecule has 0 aliphatic carbocycles. The third kappa shape index (κ3) is 3.55. The van der Waals surface area contributed by atoms with Gasteiger partial charge in [-0.1, -0.05) is 34.1 Å². The lowest BCUT2D eigenvalue weighted by Crippen LogP contribution is -2.08. The second-order valence-corrected chi connectivity index (χ2v) is 7.94. The monoisotopic (exact) mass is 459 g/mol. The number of halogens is 4. The fraction of sp³-hybridized carbons (Fsp3) is 0.182. The van der Waals surface area contributed by atoms with Crippen molar-refractivity contribution < 1.29 is 13.2 Å². The van der Waals surface area contributed by atoms with Crippen LogP contribution in [0.2, 0.25) is 0 Å². The van der Waals surface area contributed by atoms with Crippen LogP contribution < -0.4 is 0 Å². The smallest absolute Gasteiger partial charge is 0.228 e. The first kappa shape index (κ1) is 19.6. The van der Waals surface area contributed by atoms with E-state index in [0.717, 1.165) is 21.7 Å². The maximum absolute atomic E-state index is 13.9. The van der Waals surface area contributed by atoms with E-state index in [1.807, 2.05) is 38.1 Å². The lowest BCUT2D eigenvalue weighted by molar-refractivity contribution is -0.136. The van der Waals surface area contributed by atoms with Crippen LogP contribution in [0, 0.1) is 20.8 Å². The van der Waals surface area contributed by atoms with E-state index in [0.29, 0.717) is 16.9 Å². The molecule has 29 heavy (non-hydrogen) atoms. The SMILES string of the molecule is Cc1ccc(-n2nc(C)c3c(C(F)(F)F)cc(-c4cccc(Br)c4)nc32)cc1C. The Morgan fingerprint density at radius 2 is 1.69 bits per heavy atom. The molecule has 148 valence electrons. The van der Waals surface area contributed by atoms with Gasteiger partial charge in [0.2, 0.25) is 0 Å². The first-order valence-corrected chi connectivity index (χ1v) is 9.75. The molecule has 2 heterocycles. The number of aryl methyl sites for hydroxylation is 3. The molecule has 0 aliphatic heterocycles. The molecule has 0 radical (unpaired) electrons. The summed E-state index contributed by atoms with van der Waals surface area (Å²) in [6, 6.07) is 13.8. The summed E-state index contributed by atoms with van der Waals surface area (Å²) in [6.07, 6.45) is -4.52. The number of nitrogens with zero attached hydrogens (tertiary/aromatic N) is 3. The van der Waals surface area contributed by atoms with Gasteiger partial charge in [-0.3, -0.25) is 0 Å². The van der Waals surface area contributed by atoms with E-state index in [1.54, 1.807) is 25.1 Å². The van der Waals surface area contributed by atoms with Crippen molar-refractivity contribution in [3.8, 4) is 16.9 Å². The van der Waals surface area contributed by atoms with Crippen LogP contribution in [0.15, 0.2) is 53.0 Å². The molecular weight excluding hydrogens is 443 g/mol. The lowest BCUT2D eigenvalue weighted by atomic mass is 10.1. The number of hydrogen-bond acceptors (Lipinski definition) is 2.